The number of piperidine rings is 1. The fourth-order valence-corrected chi connectivity index (χ4v) is 5.81. The monoisotopic (exact) mass is 467 g/mol. The van der Waals surface area contributed by atoms with Crippen molar-refractivity contribution in [1.82, 2.24) is 20.1 Å². The Balaban J connectivity index is 1.27. The van der Waals surface area contributed by atoms with Crippen LogP contribution in [0.1, 0.15) is 55.1 Å². The lowest BCUT2D eigenvalue weighted by atomic mass is 10.00. The molecule has 0 bridgehead atoms. The summed E-state index contributed by atoms with van der Waals surface area (Å²) < 4.78 is 2.28. The lowest BCUT2D eigenvalue weighted by molar-refractivity contribution is -0.119. The zero-order valence-electron chi connectivity index (χ0n) is 18.3. The van der Waals surface area contributed by atoms with Gasteiger partial charge in [-0.3, -0.25) is 9.36 Å². The Bertz CT molecular complexity index is 1020. The second kappa shape index (κ2) is 9.67. The second-order valence-electron chi connectivity index (χ2n) is 8.77. The van der Waals surface area contributed by atoms with Crippen molar-refractivity contribution in [3.05, 3.63) is 58.3 Å². The van der Waals surface area contributed by atoms with Crippen molar-refractivity contribution in [2.75, 3.05) is 23.7 Å². The van der Waals surface area contributed by atoms with Gasteiger partial charge in [0.25, 0.3) is 0 Å². The van der Waals surface area contributed by atoms with Gasteiger partial charge in [-0.1, -0.05) is 55.1 Å². The van der Waals surface area contributed by atoms with E-state index in [0.717, 1.165) is 40.6 Å². The van der Waals surface area contributed by atoms with Gasteiger partial charge in [-0.05, 0) is 48.6 Å². The average Bonchev–Trinajstić information content (AvgIpc) is 3.33. The highest BCUT2D eigenvalue weighted by Crippen LogP contribution is 2.41. The summed E-state index contributed by atoms with van der Waals surface area (Å²) in [6.07, 6.45) is 4.74. The van der Waals surface area contributed by atoms with Crippen LogP contribution < -0.4 is 10.2 Å². The van der Waals surface area contributed by atoms with Crippen LogP contribution in [0.2, 0.25) is 0 Å². The Kier molecular flexibility index (Phi) is 6.50. The Morgan fingerprint density at radius 2 is 1.91 bits per heavy atom. The van der Waals surface area contributed by atoms with Crippen molar-refractivity contribution in [2.24, 2.45) is 5.92 Å². The van der Waals surface area contributed by atoms with Crippen molar-refractivity contribution >= 4 is 35.0 Å². The van der Waals surface area contributed by atoms with Crippen LogP contribution in [0.25, 0.3) is 0 Å². The van der Waals surface area contributed by atoms with Gasteiger partial charge in [0.2, 0.25) is 11.9 Å². The summed E-state index contributed by atoms with van der Waals surface area (Å²) in [5.74, 6) is 2.11. The van der Waals surface area contributed by atoms with Gasteiger partial charge < -0.3 is 10.2 Å². The molecular formula is C24H29N5OS2. The first kappa shape index (κ1) is 21.5. The number of thiophene rings is 1. The average molecular weight is 468 g/mol. The third-order valence-electron chi connectivity index (χ3n) is 6.22. The summed E-state index contributed by atoms with van der Waals surface area (Å²) in [6.45, 7) is 4.40. The zero-order valence-corrected chi connectivity index (χ0v) is 19.9. The molecule has 6 nitrogen and oxygen atoms in total. The van der Waals surface area contributed by atoms with E-state index in [1.807, 2.05) is 29.6 Å². The van der Waals surface area contributed by atoms with Crippen LogP contribution in [0.15, 0.2) is 53.0 Å². The van der Waals surface area contributed by atoms with E-state index < -0.39 is 0 Å². The van der Waals surface area contributed by atoms with E-state index in [2.05, 4.69) is 50.1 Å². The molecule has 0 spiro atoms. The third kappa shape index (κ3) is 4.86. The number of nitrogens with one attached hydrogen (secondary N) is 1. The number of nitrogens with zero attached hydrogens (tertiary/aromatic N) is 4. The fourth-order valence-electron chi connectivity index (χ4n) is 4.20. The van der Waals surface area contributed by atoms with Gasteiger partial charge in [-0.25, -0.2) is 0 Å². The van der Waals surface area contributed by atoms with Crippen LogP contribution in [0, 0.1) is 5.92 Å². The van der Waals surface area contributed by atoms with E-state index in [4.69, 9.17) is 0 Å². The number of aromatic nitrogens is 3. The summed E-state index contributed by atoms with van der Waals surface area (Å²) in [4.78, 5) is 16.5. The Morgan fingerprint density at radius 3 is 2.59 bits per heavy atom. The number of anilines is 1. The minimum atomic E-state index is -0.128. The first-order valence-electron chi connectivity index (χ1n) is 11.4. The molecule has 1 atom stereocenters. The molecule has 2 aliphatic rings. The van der Waals surface area contributed by atoms with Crippen LogP contribution in [-0.2, 0) is 4.79 Å². The van der Waals surface area contributed by atoms with Crippen LogP contribution >= 0.6 is 23.1 Å². The number of hydrogen-bond acceptors (Lipinski definition) is 6. The molecule has 1 saturated heterocycles. The van der Waals surface area contributed by atoms with Crippen molar-refractivity contribution in [3.8, 4) is 0 Å². The molecular weight excluding hydrogens is 438 g/mol. The highest BCUT2D eigenvalue weighted by molar-refractivity contribution is 7.99. The predicted molar refractivity (Wildman–Crippen MR) is 130 cm³/mol. The molecule has 3 aromatic rings. The standard InChI is InChI=1S/C24H29N5OS2/c1-17-11-13-28(14-12-17)23-26-27-24(29(23)19-9-10-19)32-16-21(30)25-22(20-8-5-15-31-20)18-6-3-2-4-7-18/h2-8,15,17,19,22H,9-14,16H2,1H3,(H,25,30). The second-order valence-corrected chi connectivity index (χ2v) is 10.7. The van der Waals surface area contributed by atoms with E-state index in [-0.39, 0.29) is 11.9 Å². The van der Waals surface area contributed by atoms with Gasteiger partial charge >= 0.3 is 0 Å². The van der Waals surface area contributed by atoms with Crippen LogP contribution in [-0.4, -0.2) is 39.5 Å². The molecule has 2 aromatic heterocycles. The Labute approximate surface area is 197 Å². The van der Waals surface area contributed by atoms with Gasteiger partial charge in [0, 0.05) is 24.0 Å². The lowest BCUT2D eigenvalue weighted by Crippen LogP contribution is -2.34. The summed E-state index contributed by atoms with van der Waals surface area (Å²) in [6, 6.07) is 14.6. The molecule has 32 heavy (non-hydrogen) atoms. The smallest absolute Gasteiger partial charge is 0.231 e. The number of carbonyl (C=O) groups is 1. The van der Waals surface area contributed by atoms with Crippen molar-refractivity contribution in [1.29, 1.82) is 0 Å². The minimum absolute atomic E-state index is 0.0101. The van der Waals surface area contributed by atoms with Gasteiger partial charge in [-0.2, -0.15) is 0 Å². The summed E-state index contributed by atoms with van der Waals surface area (Å²) in [7, 11) is 0. The van der Waals surface area contributed by atoms with Gasteiger partial charge in [-0.15, -0.1) is 21.5 Å². The Hall–Kier alpha value is -2.32. The number of benzene rings is 1. The van der Waals surface area contributed by atoms with Crippen molar-refractivity contribution in [3.63, 3.8) is 0 Å². The number of carbonyl (C=O) groups excluding carboxylic acids is 1. The molecule has 8 heteroatoms. The molecule has 1 saturated carbocycles. The maximum Gasteiger partial charge on any atom is 0.231 e. The summed E-state index contributed by atoms with van der Waals surface area (Å²) in [5, 5.41) is 15.2. The number of thioether (sulfide) groups is 1. The lowest BCUT2D eigenvalue weighted by Gasteiger charge is -2.31. The maximum absolute atomic E-state index is 12.9. The van der Waals surface area contributed by atoms with Gasteiger partial charge in [0.15, 0.2) is 5.16 Å². The van der Waals surface area contributed by atoms with E-state index in [1.54, 1.807) is 11.3 Å². The first-order valence-corrected chi connectivity index (χ1v) is 13.3. The normalized spacial score (nSPS) is 18.0. The van der Waals surface area contributed by atoms with E-state index in [9.17, 15) is 4.79 Å². The Morgan fingerprint density at radius 1 is 1.12 bits per heavy atom. The van der Waals surface area contributed by atoms with E-state index >= 15 is 0 Å². The van der Waals surface area contributed by atoms with E-state index in [0.29, 0.717) is 11.8 Å². The zero-order chi connectivity index (χ0) is 21.9. The molecule has 5 rings (SSSR count). The molecule has 2 fully saturated rings. The fraction of sp³-hybridized carbons (Fsp3) is 0.458. The molecule has 1 aliphatic carbocycles. The van der Waals surface area contributed by atoms with Gasteiger partial charge in [0.05, 0.1) is 11.8 Å². The molecule has 168 valence electrons. The first-order chi connectivity index (χ1) is 15.7. The van der Waals surface area contributed by atoms with Crippen molar-refractivity contribution in [2.45, 2.75) is 49.8 Å². The molecule has 1 aromatic carbocycles. The van der Waals surface area contributed by atoms with Gasteiger partial charge in [0.1, 0.15) is 0 Å². The quantitative estimate of drug-likeness (QED) is 0.477. The maximum atomic E-state index is 12.9. The molecule has 1 aliphatic heterocycles. The third-order valence-corrected chi connectivity index (χ3v) is 8.10. The van der Waals surface area contributed by atoms with Crippen molar-refractivity contribution < 1.29 is 4.79 Å². The van der Waals surface area contributed by atoms with Crippen LogP contribution in [0.5, 0.6) is 0 Å². The molecule has 0 radical (unpaired) electrons. The number of hydrogen-bond donors (Lipinski definition) is 1. The SMILES string of the molecule is CC1CCN(c2nnc(SCC(=O)NC(c3ccccc3)c3cccs3)n2C2CC2)CC1. The van der Waals surface area contributed by atoms with E-state index in [1.165, 1.54) is 37.4 Å². The largest absolute Gasteiger partial charge is 0.344 e. The summed E-state index contributed by atoms with van der Waals surface area (Å²) in [5.41, 5.74) is 1.09. The van der Waals surface area contributed by atoms with Crippen LogP contribution in [0.4, 0.5) is 5.95 Å². The number of rotatable bonds is 8. The molecule has 1 amide bonds. The minimum Gasteiger partial charge on any atom is -0.344 e. The molecule has 1 N–H and O–H groups in total. The summed E-state index contributed by atoms with van der Waals surface area (Å²) >= 11 is 3.16. The van der Waals surface area contributed by atoms with Crippen LogP contribution in [0.3, 0.4) is 0 Å². The molecule has 1 unspecified atom stereocenters. The highest BCUT2D eigenvalue weighted by Gasteiger charge is 2.32. The topological polar surface area (TPSA) is 63.1 Å². The predicted octanol–water partition coefficient (Wildman–Crippen LogP) is 4.91. The molecule has 3 heterocycles. The highest BCUT2D eigenvalue weighted by atomic mass is 32.2. The number of amides is 1.